The number of nitrogens with one attached hydrogen (secondary N) is 1. The van der Waals surface area contributed by atoms with Crippen molar-refractivity contribution >= 4 is 22.3 Å². The number of piperazine rings is 1. The number of rotatable bonds is 1. The van der Waals surface area contributed by atoms with Crippen LogP contribution in [0.15, 0.2) is 24.4 Å². The Hall–Kier alpha value is -1.88. The highest BCUT2D eigenvalue weighted by molar-refractivity contribution is 6.01. The summed E-state index contributed by atoms with van der Waals surface area (Å²) < 4.78 is 13.8. The van der Waals surface area contributed by atoms with Gasteiger partial charge in [0, 0.05) is 43.4 Å². The standard InChI is InChI=1S/C13H15FN4/c14-10-1-2-11(15)12-9(10)3-4-17-13(12)18-7-5-16-6-8-18/h1-4,16H,5-8,15H2. The molecule has 1 saturated heterocycles. The van der Waals surface area contributed by atoms with Crippen molar-refractivity contribution < 1.29 is 4.39 Å². The molecule has 0 radical (unpaired) electrons. The summed E-state index contributed by atoms with van der Waals surface area (Å²) in [5.41, 5.74) is 6.56. The van der Waals surface area contributed by atoms with Crippen LogP contribution < -0.4 is 16.0 Å². The van der Waals surface area contributed by atoms with Crippen LogP contribution in [-0.2, 0) is 0 Å². The van der Waals surface area contributed by atoms with E-state index in [1.807, 2.05) is 0 Å². The first kappa shape index (κ1) is 11.2. The summed E-state index contributed by atoms with van der Waals surface area (Å²) in [6.07, 6.45) is 1.64. The second-order valence-electron chi connectivity index (χ2n) is 4.43. The third kappa shape index (κ3) is 1.76. The largest absolute Gasteiger partial charge is 0.398 e. The fourth-order valence-electron chi connectivity index (χ4n) is 2.39. The lowest BCUT2D eigenvalue weighted by Gasteiger charge is -2.29. The molecule has 0 amide bonds. The van der Waals surface area contributed by atoms with E-state index in [2.05, 4.69) is 15.2 Å². The molecule has 4 nitrogen and oxygen atoms in total. The average Bonchev–Trinajstić information content (AvgIpc) is 2.43. The van der Waals surface area contributed by atoms with E-state index in [9.17, 15) is 4.39 Å². The lowest BCUT2D eigenvalue weighted by molar-refractivity contribution is 0.586. The number of aromatic nitrogens is 1. The summed E-state index contributed by atoms with van der Waals surface area (Å²) in [5.74, 6) is 0.531. The van der Waals surface area contributed by atoms with Gasteiger partial charge >= 0.3 is 0 Å². The zero-order valence-corrected chi connectivity index (χ0v) is 9.99. The third-order valence-corrected chi connectivity index (χ3v) is 3.30. The zero-order chi connectivity index (χ0) is 12.5. The van der Waals surface area contributed by atoms with Gasteiger partial charge in [0.1, 0.15) is 11.6 Å². The summed E-state index contributed by atoms with van der Waals surface area (Å²) in [7, 11) is 0. The Morgan fingerprint density at radius 2 is 2.00 bits per heavy atom. The maximum atomic E-state index is 13.8. The normalized spacial score (nSPS) is 16.2. The molecule has 1 aromatic heterocycles. The Balaban J connectivity index is 2.19. The maximum Gasteiger partial charge on any atom is 0.138 e. The van der Waals surface area contributed by atoms with Crippen LogP contribution in [0.2, 0.25) is 0 Å². The minimum atomic E-state index is -0.252. The molecule has 0 unspecified atom stereocenters. The minimum Gasteiger partial charge on any atom is -0.398 e. The van der Waals surface area contributed by atoms with Crippen LogP contribution in [0.4, 0.5) is 15.9 Å². The van der Waals surface area contributed by atoms with Crippen LogP contribution >= 0.6 is 0 Å². The highest BCUT2D eigenvalue weighted by atomic mass is 19.1. The van der Waals surface area contributed by atoms with Crippen LogP contribution in [-0.4, -0.2) is 31.2 Å². The average molecular weight is 246 g/mol. The molecule has 0 atom stereocenters. The van der Waals surface area contributed by atoms with E-state index in [0.29, 0.717) is 11.1 Å². The van der Waals surface area contributed by atoms with Crippen LogP contribution in [0.3, 0.4) is 0 Å². The van der Waals surface area contributed by atoms with Gasteiger partial charge in [-0.25, -0.2) is 9.37 Å². The minimum absolute atomic E-state index is 0.252. The molecule has 5 heteroatoms. The first-order valence-electron chi connectivity index (χ1n) is 6.06. The second kappa shape index (κ2) is 4.42. The number of hydrogen-bond acceptors (Lipinski definition) is 4. The molecular formula is C13H15FN4. The van der Waals surface area contributed by atoms with Gasteiger partial charge in [0.15, 0.2) is 0 Å². The van der Waals surface area contributed by atoms with Gasteiger partial charge in [0.2, 0.25) is 0 Å². The van der Waals surface area contributed by atoms with Crippen LogP contribution in [0.1, 0.15) is 0 Å². The van der Waals surface area contributed by atoms with E-state index in [0.717, 1.165) is 37.4 Å². The predicted octanol–water partition coefficient (Wildman–Crippen LogP) is 1.37. The fraction of sp³-hybridized carbons (Fsp3) is 0.308. The van der Waals surface area contributed by atoms with Gasteiger partial charge in [-0.1, -0.05) is 0 Å². The molecule has 1 aliphatic heterocycles. The molecular weight excluding hydrogens is 231 g/mol. The van der Waals surface area contributed by atoms with Crippen LogP contribution in [0.5, 0.6) is 0 Å². The second-order valence-corrected chi connectivity index (χ2v) is 4.43. The van der Waals surface area contributed by atoms with E-state index < -0.39 is 0 Å². The molecule has 0 bridgehead atoms. The molecule has 1 aliphatic rings. The lowest BCUT2D eigenvalue weighted by Crippen LogP contribution is -2.44. The number of nitrogens with two attached hydrogens (primary N) is 1. The molecule has 3 N–H and O–H groups in total. The number of anilines is 2. The molecule has 2 aromatic rings. The first-order valence-corrected chi connectivity index (χ1v) is 6.06. The predicted molar refractivity (Wildman–Crippen MR) is 71.2 cm³/mol. The molecule has 18 heavy (non-hydrogen) atoms. The van der Waals surface area contributed by atoms with Gasteiger partial charge in [0.05, 0.1) is 5.39 Å². The van der Waals surface area contributed by atoms with E-state index in [1.165, 1.54) is 6.07 Å². The summed E-state index contributed by atoms with van der Waals surface area (Å²) in [6, 6.07) is 4.68. The molecule has 2 heterocycles. The van der Waals surface area contributed by atoms with Crippen molar-refractivity contribution in [2.75, 3.05) is 36.8 Å². The van der Waals surface area contributed by atoms with Crippen molar-refractivity contribution in [2.24, 2.45) is 0 Å². The molecule has 0 saturated carbocycles. The van der Waals surface area contributed by atoms with Gasteiger partial charge in [0.25, 0.3) is 0 Å². The van der Waals surface area contributed by atoms with Gasteiger partial charge in [-0.2, -0.15) is 0 Å². The Bertz CT molecular complexity index is 578. The van der Waals surface area contributed by atoms with E-state index in [1.54, 1.807) is 18.3 Å². The Morgan fingerprint density at radius 3 is 2.78 bits per heavy atom. The lowest BCUT2D eigenvalue weighted by atomic mass is 10.1. The first-order chi connectivity index (χ1) is 8.77. The topological polar surface area (TPSA) is 54.2 Å². The van der Waals surface area contributed by atoms with Crippen molar-refractivity contribution in [3.63, 3.8) is 0 Å². The van der Waals surface area contributed by atoms with Gasteiger partial charge in [-0.05, 0) is 18.2 Å². The Labute approximate surface area is 105 Å². The number of nitrogens with zero attached hydrogens (tertiary/aromatic N) is 2. The van der Waals surface area contributed by atoms with E-state index in [4.69, 9.17) is 5.73 Å². The van der Waals surface area contributed by atoms with Crippen molar-refractivity contribution in [3.8, 4) is 0 Å². The number of pyridine rings is 1. The Kier molecular flexibility index (Phi) is 2.76. The van der Waals surface area contributed by atoms with Crippen LogP contribution in [0.25, 0.3) is 10.8 Å². The molecule has 0 spiro atoms. The monoisotopic (exact) mass is 246 g/mol. The zero-order valence-electron chi connectivity index (χ0n) is 9.99. The summed E-state index contributed by atoms with van der Waals surface area (Å²) in [6.45, 7) is 3.55. The maximum absolute atomic E-state index is 13.8. The molecule has 1 aromatic carbocycles. The molecule has 3 rings (SSSR count). The molecule has 94 valence electrons. The highest BCUT2D eigenvalue weighted by Gasteiger charge is 2.17. The number of fused-ring (bicyclic) bond motifs is 1. The molecule has 1 fully saturated rings. The summed E-state index contributed by atoms with van der Waals surface area (Å²) in [5, 5.41) is 4.55. The number of hydrogen-bond donors (Lipinski definition) is 2. The van der Waals surface area contributed by atoms with E-state index in [-0.39, 0.29) is 5.82 Å². The third-order valence-electron chi connectivity index (χ3n) is 3.30. The SMILES string of the molecule is Nc1ccc(F)c2ccnc(N3CCNCC3)c12. The fourth-order valence-corrected chi connectivity index (χ4v) is 2.39. The number of halogens is 1. The highest BCUT2D eigenvalue weighted by Crippen LogP contribution is 2.31. The van der Waals surface area contributed by atoms with Gasteiger partial charge in [-0.3, -0.25) is 0 Å². The number of nitrogen functional groups attached to an aromatic ring is 1. The quantitative estimate of drug-likeness (QED) is 0.746. The van der Waals surface area contributed by atoms with Gasteiger partial charge < -0.3 is 16.0 Å². The summed E-state index contributed by atoms with van der Waals surface area (Å²) in [4.78, 5) is 6.53. The van der Waals surface area contributed by atoms with Crippen LogP contribution in [0, 0.1) is 5.82 Å². The number of benzene rings is 1. The molecule has 0 aliphatic carbocycles. The van der Waals surface area contributed by atoms with Crippen molar-refractivity contribution in [1.29, 1.82) is 0 Å². The van der Waals surface area contributed by atoms with Crippen molar-refractivity contribution in [1.82, 2.24) is 10.3 Å². The Morgan fingerprint density at radius 1 is 1.22 bits per heavy atom. The van der Waals surface area contributed by atoms with Crippen molar-refractivity contribution in [3.05, 3.63) is 30.2 Å². The van der Waals surface area contributed by atoms with Crippen molar-refractivity contribution in [2.45, 2.75) is 0 Å². The smallest absolute Gasteiger partial charge is 0.138 e. The van der Waals surface area contributed by atoms with Gasteiger partial charge in [-0.15, -0.1) is 0 Å². The summed E-state index contributed by atoms with van der Waals surface area (Å²) >= 11 is 0. The van der Waals surface area contributed by atoms with E-state index >= 15 is 0 Å².